The fourth-order valence-corrected chi connectivity index (χ4v) is 6.14. The highest BCUT2D eigenvalue weighted by Gasteiger charge is 2.43. The molecule has 0 bridgehead atoms. The van der Waals surface area contributed by atoms with E-state index < -0.39 is 58.9 Å². The molecule has 2 rings (SSSR count). The van der Waals surface area contributed by atoms with Crippen LogP contribution in [-0.2, 0) is 19.2 Å². The molecule has 4 unspecified atom stereocenters. The zero-order valence-corrected chi connectivity index (χ0v) is 27.3. The Bertz CT molecular complexity index is 1040. The Morgan fingerprint density at radius 3 is 2.14 bits per heavy atom. The van der Waals surface area contributed by atoms with Gasteiger partial charge in [-0.1, -0.05) is 64.0 Å². The average Bonchev–Trinajstić information content (AvgIpc) is 3.35. The number of nitrogens with two attached hydrogens (primary N) is 1. The van der Waals surface area contributed by atoms with E-state index in [0.717, 1.165) is 6.42 Å². The van der Waals surface area contributed by atoms with E-state index in [0.29, 0.717) is 39.0 Å². The third-order valence-corrected chi connectivity index (χ3v) is 8.85. The third-order valence-electron chi connectivity index (χ3n) is 7.44. The molecule has 42 heavy (non-hydrogen) atoms. The summed E-state index contributed by atoms with van der Waals surface area (Å²) in [7, 11) is -0.0565. The van der Waals surface area contributed by atoms with Crippen LogP contribution in [0, 0.1) is 10.8 Å². The molecule has 0 aromatic rings. The van der Waals surface area contributed by atoms with Crippen molar-refractivity contribution in [3.8, 4) is 0 Å². The fraction of sp³-hybridized carbons (Fsp3) is 0.786. The van der Waals surface area contributed by atoms with E-state index in [2.05, 4.69) is 21.3 Å². The number of nitrogens with zero attached hydrogens (tertiary/aromatic N) is 2. The van der Waals surface area contributed by atoms with Gasteiger partial charge in [0.05, 0.1) is 6.04 Å². The quantitative estimate of drug-likeness (QED) is 0.172. The van der Waals surface area contributed by atoms with Crippen LogP contribution in [0.3, 0.4) is 0 Å². The average molecular weight is 612 g/mol. The van der Waals surface area contributed by atoms with Gasteiger partial charge in [0.15, 0.2) is 0 Å². The Balaban J connectivity index is 2.19. The van der Waals surface area contributed by atoms with Crippen molar-refractivity contribution in [1.82, 2.24) is 31.1 Å². The van der Waals surface area contributed by atoms with Crippen molar-refractivity contribution in [2.45, 2.75) is 104 Å². The van der Waals surface area contributed by atoms with Gasteiger partial charge in [-0.05, 0) is 35.8 Å². The van der Waals surface area contributed by atoms with Crippen molar-refractivity contribution in [2.24, 2.45) is 16.6 Å². The molecule has 0 radical (unpaired) electrons. The van der Waals surface area contributed by atoms with Crippen LogP contribution in [0.1, 0.15) is 74.7 Å². The number of Topliss-reactive ketones (excluding diaryl/α,β-unsaturated/α-hetero) is 1. The van der Waals surface area contributed by atoms with Crippen LogP contribution in [0.25, 0.3) is 0 Å². The normalized spacial score (nSPS) is 20.2. The van der Waals surface area contributed by atoms with Crippen molar-refractivity contribution in [2.75, 3.05) is 26.2 Å². The number of carbonyl (C=O) groups excluding carboxylic acids is 6. The maximum absolute atomic E-state index is 13.9. The number of hydrogen-bond donors (Lipinski definition) is 5. The molecule has 7 amide bonds. The second kappa shape index (κ2) is 14.5. The molecule has 13 nitrogen and oxygen atoms in total. The van der Waals surface area contributed by atoms with Crippen molar-refractivity contribution in [3.63, 3.8) is 0 Å². The minimum absolute atomic E-state index is 0.0362. The lowest BCUT2D eigenvalue weighted by Crippen LogP contribution is -2.62. The van der Waals surface area contributed by atoms with Gasteiger partial charge in [0.25, 0.3) is 5.91 Å². The molecular weight excluding hydrogens is 561 g/mol. The van der Waals surface area contributed by atoms with Crippen LogP contribution in [0.15, 0.2) is 0 Å². The second-order valence-corrected chi connectivity index (χ2v) is 15.6. The Morgan fingerprint density at radius 1 is 0.976 bits per heavy atom. The molecule has 2 saturated heterocycles. The monoisotopic (exact) mass is 611 g/mol. The zero-order valence-electron chi connectivity index (χ0n) is 26.3. The highest BCUT2D eigenvalue weighted by Crippen LogP contribution is 2.28. The molecule has 2 heterocycles. The number of urea groups is 2. The maximum atomic E-state index is 13.9. The summed E-state index contributed by atoms with van der Waals surface area (Å²) in [6.07, 6.45) is 1.76. The molecule has 0 aliphatic carbocycles. The van der Waals surface area contributed by atoms with E-state index >= 15 is 0 Å². The topological polar surface area (TPSA) is 183 Å². The summed E-state index contributed by atoms with van der Waals surface area (Å²) in [6, 6.07) is -2.94. The molecule has 5 atom stereocenters. The molecule has 0 spiro atoms. The van der Waals surface area contributed by atoms with Gasteiger partial charge in [-0.3, -0.25) is 19.2 Å². The summed E-state index contributed by atoms with van der Waals surface area (Å²) in [5.74, 6) is -3.98. The fourth-order valence-electron chi connectivity index (χ4n) is 4.95. The summed E-state index contributed by atoms with van der Waals surface area (Å²) >= 11 is 0. The predicted octanol–water partition coefficient (Wildman–Crippen LogP) is 1.10. The maximum Gasteiger partial charge on any atom is 0.317 e. The van der Waals surface area contributed by atoms with Crippen LogP contribution >= 0.6 is 8.58 Å². The van der Waals surface area contributed by atoms with E-state index in [1.807, 2.05) is 55.4 Å². The molecule has 2 aliphatic rings. The molecule has 6 N–H and O–H groups in total. The number of ketones is 1. The number of carbonyl (C=O) groups is 6. The minimum atomic E-state index is -1.12. The second-order valence-electron chi connectivity index (χ2n) is 13.5. The molecular formula is C28H50N7O6P. The summed E-state index contributed by atoms with van der Waals surface area (Å²) in [5, 5.41) is 11.3. The molecule has 238 valence electrons. The van der Waals surface area contributed by atoms with Crippen LogP contribution < -0.4 is 27.0 Å². The van der Waals surface area contributed by atoms with Crippen molar-refractivity contribution in [3.05, 3.63) is 0 Å². The molecule has 0 aromatic heterocycles. The van der Waals surface area contributed by atoms with E-state index in [9.17, 15) is 28.8 Å². The Labute approximate surface area is 251 Å². The highest BCUT2D eigenvalue weighted by molar-refractivity contribution is 7.41. The first kappa shape index (κ1) is 35.2. The number of nitrogens with one attached hydrogen (secondary N) is 4. The summed E-state index contributed by atoms with van der Waals surface area (Å²) in [5.41, 5.74) is 4.15. The molecule has 14 heteroatoms. The Kier molecular flexibility index (Phi) is 12.2. The van der Waals surface area contributed by atoms with Crippen LogP contribution in [-0.4, -0.2) is 101 Å². The van der Waals surface area contributed by atoms with Crippen molar-refractivity contribution >= 4 is 44.1 Å². The molecule has 2 aliphatic heterocycles. The Hall–Kier alpha value is -2.95. The van der Waals surface area contributed by atoms with Gasteiger partial charge in [-0.25, -0.2) is 9.59 Å². The highest BCUT2D eigenvalue weighted by atomic mass is 31.1. The minimum Gasteiger partial charge on any atom is -0.363 e. The molecule has 2 fully saturated rings. The summed E-state index contributed by atoms with van der Waals surface area (Å²) < 4.78 is 0. The molecule has 0 aromatic carbocycles. The largest absolute Gasteiger partial charge is 0.363 e. The number of primary amides is 1. The van der Waals surface area contributed by atoms with Crippen molar-refractivity contribution < 1.29 is 28.8 Å². The van der Waals surface area contributed by atoms with Gasteiger partial charge in [0, 0.05) is 26.2 Å². The van der Waals surface area contributed by atoms with E-state index in [4.69, 9.17) is 5.73 Å². The summed E-state index contributed by atoms with van der Waals surface area (Å²) in [4.78, 5) is 79.9. The standard InChI is InChI=1S/C28H50N7O6P/c1-16(2)42-23(19(36)21(29)37)33-22(38)17-11-9-14-35(17)24(39)20(28(6,7)8)32-25(40)31-18(27(3,4)5)15-34-13-10-12-30-26(34)41/h16-18,20,23,42H,9-15H2,1-8H3,(H2,29,37)(H,30,41)(H,33,38)(H2,31,32,40)/t17-,18?,20?,23?/m0/s1. The zero-order chi connectivity index (χ0) is 32.0. The third kappa shape index (κ3) is 9.81. The molecule has 0 saturated carbocycles. The van der Waals surface area contributed by atoms with Crippen LogP contribution in [0.5, 0.6) is 0 Å². The summed E-state index contributed by atoms with van der Waals surface area (Å²) in [6.45, 7) is 16.9. The first-order chi connectivity index (χ1) is 19.3. The number of amides is 7. The van der Waals surface area contributed by atoms with Gasteiger partial charge in [-0.2, -0.15) is 0 Å². The first-order valence-electron chi connectivity index (χ1n) is 14.6. The SMILES string of the molecule is CC(C)PC(NC(=O)[C@@H]1CCCN1C(=O)C(NC(=O)NC(CN1CCCNC1=O)C(C)(C)C)C(C)(C)C)C(=O)C(N)=O. The van der Waals surface area contributed by atoms with E-state index in [-0.39, 0.29) is 25.7 Å². The number of likely N-dealkylation sites (tertiary alicyclic amines) is 1. The van der Waals surface area contributed by atoms with E-state index in [1.165, 1.54) is 4.90 Å². The number of rotatable bonds is 11. The first-order valence-corrected chi connectivity index (χ1v) is 15.8. The van der Waals surface area contributed by atoms with E-state index in [1.54, 1.807) is 4.90 Å². The van der Waals surface area contributed by atoms with Gasteiger partial charge in [0.1, 0.15) is 17.9 Å². The predicted molar refractivity (Wildman–Crippen MR) is 162 cm³/mol. The number of hydrogen-bond acceptors (Lipinski definition) is 6. The lowest BCUT2D eigenvalue weighted by atomic mass is 9.85. The lowest BCUT2D eigenvalue weighted by molar-refractivity contribution is -0.142. The van der Waals surface area contributed by atoms with Gasteiger partial charge < -0.3 is 36.8 Å². The van der Waals surface area contributed by atoms with Crippen LogP contribution in [0.4, 0.5) is 9.59 Å². The Morgan fingerprint density at radius 2 is 1.62 bits per heavy atom. The van der Waals surface area contributed by atoms with Crippen LogP contribution in [0.2, 0.25) is 0 Å². The van der Waals surface area contributed by atoms with Gasteiger partial charge >= 0.3 is 12.1 Å². The van der Waals surface area contributed by atoms with Gasteiger partial charge in [0.2, 0.25) is 17.6 Å². The van der Waals surface area contributed by atoms with Gasteiger partial charge in [-0.15, -0.1) is 0 Å². The smallest absolute Gasteiger partial charge is 0.317 e. The van der Waals surface area contributed by atoms with Crippen molar-refractivity contribution in [1.29, 1.82) is 0 Å². The lowest BCUT2D eigenvalue weighted by Gasteiger charge is -2.39.